The summed E-state index contributed by atoms with van der Waals surface area (Å²) >= 11 is 0. The molecule has 0 radical (unpaired) electrons. The van der Waals surface area contributed by atoms with Crippen LogP contribution in [0.3, 0.4) is 0 Å². The molecule has 0 fully saturated rings. The van der Waals surface area contributed by atoms with Crippen molar-refractivity contribution < 1.29 is 10.2 Å². The van der Waals surface area contributed by atoms with Crippen molar-refractivity contribution in [2.24, 2.45) is 9.98 Å². The minimum Gasteiger partial charge on any atom is -0.872 e. The van der Waals surface area contributed by atoms with Crippen LogP contribution in [0, 0.1) is 0 Å². The van der Waals surface area contributed by atoms with Crippen LogP contribution in [0.4, 0.5) is 0 Å². The van der Waals surface area contributed by atoms with E-state index in [-0.39, 0.29) is 11.5 Å². The van der Waals surface area contributed by atoms with Crippen molar-refractivity contribution in [1.29, 1.82) is 0 Å². The highest BCUT2D eigenvalue weighted by atomic mass is 16.3. The minimum absolute atomic E-state index is 0.0590. The zero-order valence-electron chi connectivity index (χ0n) is 18.8. The van der Waals surface area contributed by atoms with Crippen LogP contribution in [-0.4, -0.2) is 23.5 Å². The molecule has 162 valence electrons. The summed E-state index contributed by atoms with van der Waals surface area (Å²) in [5.41, 5.74) is -0.0974. The Morgan fingerprint density at radius 3 is 1.34 bits per heavy atom. The Balaban J connectivity index is 1.69. The van der Waals surface area contributed by atoms with Crippen LogP contribution in [0.25, 0.3) is 21.5 Å². The highest BCUT2D eigenvalue weighted by Crippen LogP contribution is 2.32. The van der Waals surface area contributed by atoms with E-state index in [1.807, 2.05) is 88.4 Å². The third-order valence-electron chi connectivity index (χ3n) is 6.39. The van der Waals surface area contributed by atoms with Crippen LogP contribution in [-0.2, 0) is 0 Å². The lowest BCUT2D eigenvalue weighted by atomic mass is 9.83. The maximum atomic E-state index is 12.5. The number of rotatable bonds is 5. The molecule has 0 saturated heterocycles. The molecule has 4 aromatic carbocycles. The molecule has 4 rings (SSSR count). The van der Waals surface area contributed by atoms with Crippen molar-refractivity contribution in [3.63, 3.8) is 0 Å². The van der Waals surface area contributed by atoms with Gasteiger partial charge in [0.2, 0.25) is 0 Å². The lowest BCUT2D eigenvalue weighted by molar-refractivity contribution is -0.268. The molecule has 4 nitrogen and oxygen atoms in total. The molecule has 0 aromatic heterocycles. The van der Waals surface area contributed by atoms with Crippen molar-refractivity contribution >= 4 is 34.0 Å². The van der Waals surface area contributed by atoms with Crippen molar-refractivity contribution in [3.8, 4) is 11.5 Å². The number of nitrogens with zero attached hydrogens (tertiary/aromatic N) is 2. The summed E-state index contributed by atoms with van der Waals surface area (Å²) in [5.74, 6) is -0.118. The van der Waals surface area contributed by atoms with E-state index in [2.05, 4.69) is 0 Å². The fourth-order valence-electron chi connectivity index (χ4n) is 3.59. The Kier molecular flexibility index (Phi) is 5.47. The summed E-state index contributed by atoms with van der Waals surface area (Å²) in [6.07, 6.45) is 3.33. The molecule has 0 aliphatic carbocycles. The molecular weight excluding hydrogens is 396 g/mol. The minimum atomic E-state index is -0.624. The fraction of sp³-hybridized carbons (Fsp3) is 0.214. The van der Waals surface area contributed by atoms with Crippen molar-refractivity contribution in [2.75, 3.05) is 0 Å². The average Bonchev–Trinajstić information content (AvgIpc) is 2.77. The van der Waals surface area contributed by atoms with Crippen molar-refractivity contribution in [1.82, 2.24) is 0 Å². The third-order valence-corrected chi connectivity index (χ3v) is 6.39. The maximum Gasteiger partial charge on any atom is 0.0797 e. The zero-order valence-corrected chi connectivity index (χ0v) is 18.8. The summed E-state index contributed by atoms with van der Waals surface area (Å²) in [4.78, 5) is 9.58. The van der Waals surface area contributed by atoms with Gasteiger partial charge in [-0.15, -0.1) is 0 Å². The number of benzene rings is 4. The quantitative estimate of drug-likeness (QED) is 0.413. The molecule has 0 spiro atoms. The van der Waals surface area contributed by atoms with Crippen LogP contribution >= 0.6 is 0 Å². The SMILES string of the molecule is CC(C)(N=Cc1c([O-])ccc2ccccc12)C(C)(C)N=Cc1c([O-])ccc2ccccc12. The Bertz CT molecular complexity index is 1250. The molecule has 0 saturated carbocycles. The topological polar surface area (TPSA) is 70.8 Å². The van der Waals surface area contributed by atoms with E-state index >= 15 is 0 Å². The monoisotopic (exact) mass is 422 g/mol. The summed E-state index contributed by atoms with van der Waals surface area (Å²) in [7, 11) is 0. The van der Waals surface area contributed by atoms with Gasteiger partial charge in [0.25, 0.3) is 0 Å². The molecular formula is C28H26N2O2-2. The lowest BCUT2D eigenvalue weighted by Crippen LogP contribution is -2.42. The molecule has 0 N–H and O–H groups in total. The van der Waals surface area contributed by atoms with Gasteiger partial charge < -0.3 is 10.2 Å². The van der Waals surface area contributed by atoms with Crippen molar-refractivity contribution in [3.05, 3.63) is 83.9 Å². The molecule has 4 aromatic rings. The second-order valence-corrected chi connectivity index (χ2v) is 9.03. The van der Waals surface area contributed by atoms with Gasteiger partial charge in [-0.3, -0.25) is 9.98 Å². The molecule has 0 aliphatic rings. The van der Waals surface area contributed by atoms with E-state index in [9.17, 15) is 10.2 Å². The molecule has 0 amide bonds. The van der Waals surface area contributed by atoms with E-state index in [0.29, 0.717) is 11.1 Å². The van der Waals surface area contributed by atoms with Crippen molar-refractivity contribution in [2.45, 2.75) is 38.8 Å². The van der Waals surface area contributed by atoms with Gasteiger partial charge in [-0.2, -0.15) is 0 Å². The average molecular weight is 423 g/mol. The van der Waals surface area contributed by atoms with Crippen LogP contribution < -0.4 is 10.2 Å². The van der Waals surface area contributed by atoms with Crippen LogP contribution in [0.5, 0.6) is 11.5 Å². The van der Waals surface area contributed by atoms with E-state index in [1.165, 1.54) is 0 Å². The fourth-order valence-corrected chi connectivity index (χ4v) is 3.59. The van der Waals surface area contributed by atoms with Gasteiger partial charge in [-0.25, -0.2) is 0 Å². The molecule has 0 unspecified atom stereocenters. The maximum absolute atomic E-state index is 12.5. The predicted molar refractivity (Wildman–Crippen MR) is 130 cm³/mol. The Labute approximate surface area is 188 Å². The predicted octanol–water partition coefficient (Wildman–Crippen LogP) is 5.24. The molecule has 4 heteroatoms. The molecule has 0 aliphatic heterocycles. The highest BCUT2D eigenvalue weighted by molar-refractivity contribution is 6.03. The van der Waals surface area contributed by atoms with Gasteiger partial charge in [0.05, 0.1) is 11.1 Å². The first-order valence-electron chi connectivity index (χ1n) is 10.7. The summed E-state index contributed by atoms with van der Waals surface area (Å²) in [6, 6.07) is 22.4. The van der Waals surface area contributed by atoms with Crippen LogP contribution in [0.1, 0.15) is 38.8 Å². The van der Waals surface area contributed by atoms with Gasteiger partial charge in [-0.05, 0) is 60.4 Å². The second kappa shape index (κ2) is 8.12. The number of aliphatic imine (C=N–C) groups is 2. The first-order valence-corrected chi connectivity index (χ1v) is 10.7. The zero-order chi connectivity index (χ0) is 22.9. The number of fused-ring (bicyclic) bond motifs is 2. The van der Waals surface area contributed by atoms with Gasteiger partial charge in [0, 0.05) is 12.4 Å². The molecule has 0 bridgehead atoms. The largest absolute Gasteiger partial charge is 0.872 e. The normalized spacial score (nSPS) is 13.0. The first kappa shape index (κ1) is 21.6. The summed E-state index contributed by atoms with van der Waals surface area (Å²) in [6.45, 7) is 7.94. The molecule has 0 atom stereocenters. The Hall–Kier alpha value is -3.66. The van der Waals surface area contributed by atoms with Crippen LogP contribution in [0.2, 0.25) is 0 Å². The summed E-state index contributed by atoms with van der Waals surface area (Å²) in [5, 5.41) is 28.8. The molecule has 32 heavy (non-hydrogen) atoms. The number of hydrogen-bond acceptors (Lipinski definition) is 4. The summed E-state index contributed by atoms with van der Waals surface area (Å²) < 4.78 is 0. The van der Waals surface area contributed by atoms with E-state index in [4.69, 9.17) is 9.98 Å². The lowest BCUT2D eigenvalue weighted by Gasteiger charge is -2.35. The molecule has 0 heterocycles. The third kappa shape index (κ3) is 3.96. The Morgan fingerprint density at radius 2 is 0.938 bits per heavy atom. The Morgan fingerprint density at radius 1 is 0.562 bits per heavy atom. The van der Waals surface area contributed by atoms with Crippen LogP contribution in [0.15, 0.2) is 82.8 Å². The standard InChI is InChI=1S/C28H28N2O2/c1-27(2,29-17-23-21-11-7-5-9-19(21)13-15-25(23)31)28(3,4)30-18-24-22-12-8-6-10-20(22)14-16-26(24)32/h5-18,31-32H,1-4H3/p-2. The highest BCUT2D eigenvalue weighted by Gasteiger charge is 2.35. The smallest absolute Gasteiger partial charge is 0.0797 e. The van der Waals surface area contributed by atoms with Gasteiger partial charge in [0.1, 0.15) is 0 Å². The van der Waals surface area contributed by atoms with Gasteiger partial charge in [0.15, 0.2) is 0 Å². The van der Waals surface area contributed by atoms with Gasteiger partial charge >= 0.3 is 0 Å². The van der Waals surface area contributed by atoms with Gasteiger partial charge in [-0.1, -0.05) is 84.3 Å². The second-order valence-electron chi connectivity index (χ2n) is 9.03. The number of hydrogen-bond donors (Lipinski definition) is 0. The van der Waals surface area contributed by atoms with E-state index < -0.39 is 11.1 Å². The van der Waals surface area contributed by atoms with E-state index in [0.717, 1.165) is 21.5 Å². The van der Waals surface area contributed by atoms with E-state index in [1.54, 1.807) is 24.6 Å². The first-order chi connectivity index (χ1) is 15.2.